The van der Waals surface area contributed by atoms with Crippen molar-refractivity contribution in [3.05, 3.63) is 35.5 Å². The van der Waals surface area contributed by atoms with E-state index >= 15 is 0 Å². The lowest BCUT2D eigenvalue weighted by Gasteiger charge is -2.13. The second-order valence-corrected chi connectivity index (χ2v) is 4.17. The molecule has 16 heavy (non-hydrogen) atoms. The van der Waals surface area contributed by atoms with E-state index in [0.29, 0.717) is 15.5 Å². The van der Waals surface area contributed by atoms with Crippen LogP contribution in [0.2, 0.25) is 0 Å². The fraction of sp³-hybridized carbons (Fsp3) is 0.182. The summed E-state index contributed by atoms with van der Waals surface area (Å²) in [5, 5.41) is 0.183. The van der Waals surface area contributed by atoms with E-state index in [1.807, 2.05) is 0 Å². The molecule has 1 aromatic heterocycles. The number of aromatic nitrogens is 1. The van der Waals surface area contributed by atoms with E-state index in [9.17, 15) is 13.2 Å². The molecular formula is C11H7AlF3N. The highest BCUT2D eigenvalue weighted by Gasteiger charge is 2.33. The zero-order chi connectivity index (χ0) is 11.9. The smallest absolute Gasteiger partial charge is 0.258 e. The molecule has 0 spiro atoms. The Morgan fingerprint density at radius 3 is 2.50 bits per heavy atom. The molecule has 0 atom stereocenters. The fourth-order valence-corrected chi connectivity index (χ4v) is 2.00. The van der Waals surface area contributed by atoms with Gasteiger partial charge in [-0.15, -0.1) is 4.43 Å². The van der Waals surface area contributed by atoms with Gasteiger partial charge in [-0.2, -0.15) is 13.2 Å². The molecule has 1 nitrogen and oxygen atoms in total. The van der Waals surface area contributed by atoms with Crippen molar-refractivity contribution in [1.29, 1.82) is 0 Å². The highest BCUT2D eigenvalue weighted by Crippen LogP contribution is 2.34. The highest BCUT2D eigenvalue weighted by molar-refractivity contribution is 6.38. The van der Waals surface area contributed by atoms with Crippen molar-refractivity contribution in [2.24, 2.45) is 0 Å². The molecule has 2 aromatic rings. The van der Waals surface area contributed by atoms with Crippen molar-refractivity contribution in [2.45, 2.75) is 13.1 Å². The fourth-order valence-electron chi connectivity index (χ4n) is 1.69. The molecule has 0 N–H and O–H groups in total. The second-order valence-electron chi connectivity index (χ2n) is 3.55. The van der Waals surface area contributed by atoms with Crippen molar-refractivity contribution in [2.75, 3.05) is 0 Å². The van der Waals surface area contributed by atoms with Gasteiger partial charge in [-0.1, -0.05) is 12.1 Å². The van der Waals surface area contributed by atoms with Crippen LogP contribution in [0.5, 0.6) is 0 Å². The molecule has 80 valence electrons. The third-order valence-electron chi connectivity index (χ3n) is 2.44. The van der Waals surface area contributed by atoms with Gasteiger partial charge in [0.05, 0.1) is 11.1 Å². The normalized spacial score (nSPS) is 12.0. The van der Waals surface area contributed by atoms with Gasteiger partial charge in [0.25, 0.3) is 0 Å². The first-order valence-electron chi connectivity index (χ1n) is 4.62. The van der Waals surface area contributed by atoms with Gasteiger partial charge in [0, 0.05) is 11.6 Å². The Bertz CT molecular complexity index is 549. The van der Waals surface area contributed by atoms with Gasteiger partial charge in [0.1, 0.15) is 0 Å². The molecule has 0 bridgehead atoms. The average Bonchev–Trinajstić information content (AvgIpc) is 2.18. The van der Waals surface area contributed by atoms with E-state index in [4.69, 9.17) is 0 Å². The van der Waals surface area contributed by atoms with E-state index in [1.54, 1.807) is 13.0 Å². The van der Waals surface area contributed by atoms with Gasteiger partial charge in [0.2, 0.25) is 0 Å². The molecule has 0 saturated carbocycles. The lowest BCUT2D eigenvalue weighted by Crippen LogP contribution is -2.13. The van der Waals surface area contributed by atoms with Crippen molar-refractivity contribution in [3.8, 4) is 0 Å². The summed E-state index contributed by atoms with van der Waals surface area (Å²) in [5.74, 6) is 0. The maximum absolute atomic E-state index is 12.8. The monoisotopic (exact) mass is 237 g/mol. The predicted octanol–water partition coefficient (Wildman–Crippen LogP) is 2.36. The van der Waals surface area contributed by atoms with E-state index in [1.165, 1.54) is 12.3 Å². The molecule has 0 saturated heterocycles. The maximum Gasteiger partial charge on any atom is 0.417 e. The number of nitrogens with zero attached hydrogens (tertiary/aromatic N) is 1. The highest BCUT2D eigenvalue weighted by atomic mass is 27.0. The van der Waals surface area contributed by atoms with Crippen LogP contribution in [0.15, 0.2) is 24.4 Å². The number of rotatable bonds is 0. The molecule has 2 radical (unpaired) electrons. The van der Waals surface area contributed by atoms with Gasteiger partial charge in [-0.3, -0.25) is 4.98 Å². The maximum atomic E-state index is 12.8. The third kappa shape index (κ3) is 1.81. The quantitative estimate of drug-likeness (QED) is 0.641. The Morgan fingerprint density at radius 1 is 1.19 bits per heavy atom. The van der Waals surface area contributed by atoms with Crippen LogP contribution in [0.4, 0.5) is 13.2 Å². The summed E-state index contributed by atoms with van der Waals surface area (Å²) in [7, 11) is 0. The van der Waals surface area contributed by atoms with Gasteiger partial charge in [-0.05, 0) is 18.6 Å². The van der Waals surface area contributed by atoms with Crippen LogP contribution in [-0.4, -0.2) is 21.3 Å². The number of pyridine rings is 1. The number of fused-ring (bicyclic) bond motifs is 1. The number of hydrogen-bond acceptors (Lipinski definition) is 1. The number of alkyl halides is 3. The SMILES string of the molecule is Cc1ccnc2[c]([Al])ccc(C(F)(F)F)c12. The van der Waals surface area contributed by atoms with Crippen molar-refractivity contribution in [3.63, 3.8) is 0 Å². The van der Waals surface area contributed by atoms with Crippen LogP contribution < -0.4 is 4.43 Å². The molecule has 0 aliphatic rings. The first-order chi connectivity index (χ1) is 7.41. The Balaban J connectivity index is 2.92. The molecule has 5 heteroatoms. The average molecular weight is 237 g/mol. The number of aryl methyl sites for hydroxylation is 1. The number of halogens is 3. The summed E-state index contributed by atoms with van der Waals surface area (Å²) in [6.45, 7) is 1.66. The van der Waals surface area contributed by atoms with Crippen LogP contribution in [-0.2, 0) is 6.18 Å². The summed E-state index contributed by atoms with van der Waals surface area (Å²) in [6.07, 6.45) is -2.82. The minimum Gasteiger partial charge on any atom is -0.258 e. The van der Waals surface area contributed by atoms with Gasteiger partial charge < -0.3 is 0 Å². The van der Waals surface area contributed by atoms with E-state index in [2.05, 4.69) is 21.3 Å². The van der Waals surface area contributed by atoms with Crippen LogP contribution in [0.25, 0.3) is 10.9 Å². The minimum absolute atomic E-state index is 0.183. The second kappa shape index (κ2) is 3.76. The molecule has 2 rings (SSSR count). The molecule has 1 aromatic carbocycles. The zero-order valence-corrected chi connectivity index (χ0v) is 9.62. The summed E-state index contributed by atoms with van der Waals surface area (Å²) >= 11 is 2.40. The molecule has 0 fully saturated rings. The standard InChI is InChI=1S/C11H7F3N.Al/c1-7-5-6-15-9-4-2-3-8(10(7)9)11(12,13)14;/h2-3,5-6H,1H3;. The zero-order valence-electron chi connectivity index (χ0n) is 8.47. The van der Waals surface area contributed by atoms with Crippen molar-refractivity contribution < 1.29 is 13.2 Å². The molecule has 0 aliphatic carbocycles. The Hall–Kier alpha value is -1.05. The summed E-state index contributed by atoms with van der Waals surface area (Å²) in [5.41, 5.74) is 0.348. The van der Waals surface area contributed by atoms with Crippen LogP contribution in [0, 0.1) is 6.92 Å². The summed E-state index contributed by atoms with van der Waals surface area (Å²) < 4.78 is 39.1. The number of hydrogen-bond donors (Lipinski definition) is 0. The Kier molecular flexibility index (Phi) is 2.69. The molecular weight excluding hydrogens is 230 g/mol. The molecule has 0 amide bonds. The topological polar surface area (TPSA) is 12.9 Å². The van der Waals surface area contributed by atoms with E-state index in [0.717, 1.165) is 6.07 Å². The first-order valence-corrected chi connectivity index (χ1v) is 5.20. The first kappa shape index (κ1) is 11.4. The van der Waals surface area contributed by atoms with E-state index < -0.39 is 11.7 Å². The number of benzene rings is 1. The van der Waals surface area contributed by atoms with E-state index in [-0.39, 0.29) is 5.39 Å². The molecule has 0 unspecified atom stereocenters. The largest absolute Gasteiger partial charge is 0.417 e. The predicted molar refractivity (Wildman–Crippen MR) is 56.9 cm³/mol. The Labute approximate surface area is 98.7 Å². The van der Waals surface area contributed by atoms with Crippen LogP contribution >= 0.6 is 0 Å². The van der Waals surface area contributed by atoms with Gasteiger partial charge in [0.15, 0.2) is 16.3 Å². The third-order valence-corrected chi connectivity index (χ3v) is 2.90. The van der Waals surface area contributed by atoms with Gasteiger partial charge >= 0.3 is 6.18 Å². The Morgan fingerprint density at radius 2 is 1.88 bits per heavy atom. The van der Waals surface area contributed by atoms with Crippen LogP contribution in [0.1, 0.15) is 11.1 Å². The summed E-state index contributed by atoms with van der Waals surface area (Å²) in [4.78, 5) is 3.99. The van der Waals surface area contributed by atoms with Crippen molar-refractivity contribution >= 4 is 31.6 Å². The van der Waals surface area contributed by atoms with Crippen LogP contribution in [0.3, 0.4) is 0 Å². The summed E-state index contributed by atoms with van der Waals surface area (Å²) in [6, 6.07) is 4.10. The van der Waals surface area contributed by atoms with Gasteiger partial charge in [-0.25, -0.2) is 0 Å². The lowest BCUT2D eigenvalue weighted by molar-refractivity contribution is -0.136. The molecule has 1 heterocycles. The van der Waals surface area contributed by atoms with Crippen molar-refractivity contribution in [1.82, 2.24) is 4.98 Å². The minimum atomic E-state index is -4.34. The molecule has 0 aliphatic heterocycles. The lowest BCUT2D eigenvalue weighted by atomic mass is 10.0.